The van der Waals surface area contributed by atoms with Crippen LogP contribution in [-0.2, 0) is 20.0 Å². The summed E-state index contributed by atoms with van der Waals surface area (Å²) in [6, 6.07) is 2.15. The zero-order chi connectivity index (χ0) is 17.1. The van der Waals surface area contributed by atoms with Crippen molar-refractivity contribution in [3.8, 4) is 0 Å². The summed E-state index contributed by atoms with van der Waals surface area (Å²) >= 11 is 1.84. The molecule has 0 aromatic carbocycles. The summed E-state index contributed by atoms with van der Waals surface area (Å²) in [5, 5.41) is 15.9. The van der Waals surface area contributed by atoms with E-state index in [0.717, 1.165) is 25.3 Å². The van der Waals surface area contributed by atoms with Crippen LogP contribution in [0, 0.1) is 0 Å². The van der Waals surface area contributed by atoms with Crippen molar-refractivity contribution in [2.24, 2.45) is 7.05 Å². The standard InChI is InChI=1S/C16H24N6OS/c1-11(22-6-4-14-13(9-22)5-7-24-14)8-17-16(23)19-12(2)15-20-18-10-21(15)3/h5,7,10-12H,4,6,8-9H2,1-3H3,(H2,17,19,23)/t11-,12+/m0/s1. The number of amides is 2. The van der Waals surface area contributed by atoms with Gasteiger partial charge in [-0.3, -0.25) is 4.90 Å². The Labute approximate surface area is 146 Å². The third-order valence-corrected chi connectivity index (χ3v) is 5.52. The van der Waals surface area contributed by atoms with Crippen molar-refractivity contribution in [1.82, 2.24) is 30.3 Å². The molecule has 2 N–H and O–H groups in total. The van der Waals surface area contributed by atoms with Gasteiger partial charge in [0, 0.05) is 37.6 Å². The van der Waals surface area contributed by atoms with Crippen LogP contribution < -0.4 is 10.6 Å². The summed E-state index contributed by atoms with van der Waals surface area (Å²) in [5.41, 5.74) is 1.43. The first-order valence-electron chi connectivity index (χ1n) is 8.22. The molecule has 2 aromatic rings. The Morgan fingerprint density at radius 2 is 2.29 bits per heavy atom. The first kappa shape index (κ1) is 16.9. The Bertz CT molecular complexity index is 696. The lowest BCUT2D eigenvalue weighted by Gasteiger charge is -2.32. The summed E-state index contributed by atoms with van der Waals surface area (Å²) < 4.78 is 1.81. The zero-order valence-electron chi connectivity index (χ0n) is 14.3. The van der Waals surface area contributed by atoms with Gasteiger partial charge in [-0.25, -0.2) is 4.79 Å². The van der Waals surface area contributed by atoms with Crippen molar-refractivity contribution in [3.05, 3.63) is 34.0 Å². The highest BCUT2D eigenvalue weighted by Crippen LogP contribution is 2.24. The predicted molar refractivity (Wildman–Crippen MR) is 93.8 cm³/mol. The van der Waals surface area contributed by atoms with E-state index in [1.54, 1.807) is 10.9 Å². The lowest BCUT2D eigenvalue weighted by atomic mass is 10.1. The van der Waals surface area contributed by atoms with E-state index in [4.69, 9.17) is 0 Å². The predicted octanol–water partition coefficient (Wildman–Crippen LogP) is 1.68. The molecule has 3 heterocycles. The van der Waals surface area contributed by atoms with Gasteiger partial charge in [0.1, 0.15) is 6.33 Å². The van der Waals surface area contributed by atoms with Crippen LogP contribution in [0.5, 0.6) is 0 Å². The number of hydrogen-bond acceptors (Lipinski definition) is 5. The number of hydrogen-bond donors (Lipinski definition) is 2. The van der Waals surface area contributed by atoms with Gasteiger partial charge in [-0.15, -0.1) is 21.5 Å². The number of carbonyl (C=O) groups excluding carboxylic acids is 1. The van der Waals surface area contributed by atoms with Crippen molar-refractivity contribution in [1.29, 1.82) is 0 Å². The highest BCUT2D eigenvalue weighted by atomic mass is 32.1. The number of nitrogens with zero attached hydrogens (tertiary/aromatic N) is 4. The van der Waals surface area contributed by atoms with E-state index < -0.39 is 0 Å². The van der Waals surface area contributed by atoms with E-state index in [1.165, 1.54) is 10.4 Å². The van der Waals surface area contributed by atoms with E-state index in [2.05, 4.69) is 44.1 Å². The van der Waals surface area contributed by atoms with E-state index in [0.29, 0.717) is 12.6 Å². The molecule has 0 unspecified atom stereocenters. The molecule has 0 aliphatic carbocycles. The van der Waals surface area contributed by atoms with Gasteiger partial charge in [0.25, 0.3) is 0 Å². The Hall–Kier alpha value is -1.93. The molecule has 2 atom stereocenters. The van der Waals surface area contributed by atoms with Crippen LogP contribution in [0.15, 0.2) is 17.8 Å². The number of fused-ring (bicyclic) bond motifs is 1. The quantitative estimate of drug-likeness (QED) is 0.862. The van der Waals surface area contributed by atoms with Gasteiger partial charge in [0.15, 0.2) is 5.82 Å². The minimum Gasteiger partial charge on any atom is -0.337 e. The summed E-state index contributed by atoms with van der Waals surface area (Å²) in [4.78, 5) is 16.0. The molecule has 0 saturated heterocycles. The van der Waals surface area contributed by atoms with Gasteiger partial charge >= 0.3 is 6.03 Å². The molecule has 2 aromatic heterocycles. The van der Waals surface area contributed by atoms with Gasteiger partial charge < -0.3 is 15.2 Å². The fraction of sp³-hybridized carbons (Fsp3) is 0.562. The SMILES string of the molecule is C[C@@H](NC(=O)NC[C@H](C)N1CCc2sccc2C1)c1nncn1C. The maximum absolute atomic E-state index is 12.1. The zero-order valence-corrected chi connectivity index (χ0v) is 15.1. The Kier molecular flexibility index (Phi) is 5.15. The van der Waals surface area contributed by atoms with Crippen LogP contribution in [-0.4, -0.2) is 44.8 Å². The highest BCUT2D eigenvalue weighted by Gasteiger charge is 2.22. The van der Waals surface area contributed by atoms with Gasteiger partial charge in [0.2, 0.25) is 0 Å². The van der Waals surface area contributed by atoms with Gasteiger partial charge in [-0.2, -0.15) is 0 Å². The molecule has 0 fully saturated rings. The number of aromatic nitrogens is 3. The highest BCUT2D eigenvalue weighted by molar-refractivity contribution is 7.10. The smallest absolute Gasteiger partial charge is 0.315 e. The molecular formula is C16H24N6OS. The Morgan fingerprint density at radius 3 is 3.04 bits per heavy atom. The maximum atomic E-state index is 12.1. The second-order valence-corrected chi connectivity index (χ2v) is 7.32. The number of rotatable bonds is 5. The molecule has 3 rings (SSSR count). The number of carbonyl (C=O) groups is 1. The lowest BCUT2D eigenvalue weighted by Crippen LogP contribution is -2.47. The molecule has 130 valence electrons. The van der Waals surface area contributed by atoms with Crippen LogP contribution in [0.25, 0.3) is 0 Å². The molecule has 0 radical (unpaired) electrons. The second kappa shape index (κ2) is 7.31. The fourth-order valence-corrected chi connectivity index (χ4v) is 3.90. The molecule has 24 heavy (non-hydrogen) atoms. The van der Waals surface area contributed by atoms with Gasteiger partial charge in [0.05, 0.1) is 6.04 Å². The summed E-state index contributed by atoms with van der Waals surface area (Å²) in [6.45, 7) is 6.70. The van der Waals surface area contributed by atoms with Gasteiger partial charge in [-0.1, -0.05) is 0 Å². The number of thiophene rings is 1. The van der Waals surface area contributed by atoms with Crippen LogP contribution in [0.3, 0.4) is 0 Å². The van der Waals surface area contributed by atoms with Crippen LogP contribution >= 0.6 is 11.3 Å². The Morgan fingerprint density at radius 1 is 1.46 bits per heavy atom. The van der Waals surface area contributed by atoms with Crippen LogP contribution in [0.2, 0.25) is 0 Å². The summed E-state index contributed by atoms with van der Waals surface area (Å²) in [5.74, 6) is 0.735. The second-order valence-electron chi connectivity index (χ2n) is 6.31. The summed E-state index contributed by atoms with van der Waals surface area (Å²) in [6.07, 6.45) is 2.73. The third kappa shape index (κ3) is 3.76. The normalized spacial score (nSPS) is 17.1. The average molecular weight is 348 g/mol. The molecular weight excluding hydrogens is 324 g/mol. The minimum absolute atomic E-state index is 0.175. The lowest BCUT2D eigenvalue weighted by molar-refractivity contribution is 0.185. The number of urea groups is 1. The average Bonchev–Trinajstić information content (AvgIpc) is 3.20. The van der Waals surface area contributed by atoms with Crippen molar-refractivity contribution >= 4 is 17.4 Å². The van der Waals surface area contributed by atoms with Crippen molar-refractivity contribution in [2.45, 2.75) is 38.9 Å². The first-order chi connectivity index (χ1) is 11.5. The van der Waals surface area contributed by atoms with E-state index >= 15 is 0 Å². The van der Waals surface area contributed by atoms with Crippen molar-refractivity contribution in [2.75, 3.05) is 13.1 Å². The number of aryl methyl sites for hydroxylation is 1. The molecule has 0 saturated carbocycles. The van der Waals surface area contributed by atoms with Crippen LogP contribution in [0.1, 0.15) is 36.2 Å². The first-order valence-corrected chi connectivity index (χ1v) is 9.10. The molecule has 1 aliphatic heterocycles. The Balaban J connectivity index is 1.45. The van der Waals surface area contributed by atoms with Crippen molar-refractivity contribution < 1.29 is 4.79 Å². The molecule has 0 bridgehead atoms. The van der Waals surface area contributed by atoms with E-state index in [-0.39, 0.29) is 12.1 Å². The number of nitrogens with one attached hydrogen (secondary N) is 2. The third-order valence-electron chi connectivity index (χ3n) is 4.50. The topological polar surface area (TPSA) is 75.1 Å². The minimum atomic E-state index is -0.184. The fourth-order valence-electron chi connectivity index (χ4n) is 3.01. The largest absolute Gasteiger partial charge is 0.337 e. The van der Waals surface area contributed by atoms with E-state index in [1.807, 2.05) is 25.3 Å². The van der Waals surface area contributed by atoms with Crippen LogP contribution in [0.4, 0.5) is 4.79 Å². The van der Waals surface area contributed by atoms with E-state index in [9.17, 15) is 4.79 Å². The maximum Gasteiger partial charge on any atom is 0.315 e. The monoisotopic (exact) mass is 348 g/mol. The molecule has 0 spiro atoms. The molecule has 1 aliphatic rings. The summed E-state index contributed by atoms with van der Waals surface area (Å²) in [7, 11) is 1.86. The van der Waals surface area contributed by atoms with Gasteiger partial charge in [-0.05, 0) is 37.3 Å². The van der Waals surface area contributed by atoms with Crippen molar-refractivity contribution in [3.63, 3.8) is 0 Å². The molecule has 7 nitrogen and oxygen atoms in total. The molecule has 8 heteroatoms. The molecule has 2 amide bonds.